The van der Waals surface area contributed by atoms with Gasteiger partial charge >= 0.3 is 0 Å². The van der Waals surface area contributed by atoms with Crippen LogP contribution in [0, 0.1) is 0 Å². The van der Waals surface area contributed by atoms with Crippen LogP contribution >= 0.6 is 0 Å². The molecule has 1 atom stereocenters. The molecule has 4 heteroatoms. The summed E-state index contributed by atoms with van der Waals surface area (Å²) in [7, 11) is 1.69. The van der Waals surface area contributed by atoms with E-state index in [2.05, 4.69) is 29.3 Å². The Balaban J connectivity index is 2.04. The highest BCUT2D eigenvalue weighted by molar-refractivity contribution is 5.42. The van der Waals surface area contributed by atoms with E-state index in [1.165, 1.54) is 5.56 Å². The number of nitrogens with one attached hydrogen (secondary N) is 1. The van der Waals surface area contributed by atoms with Crippen molar-refractivity contribution in [2.75, 3.05) is 33.4 Å². The van der Waals surface area contributed by atoms with Crippen molar-refractivity contribution in [3.8, 4) is 11.5 Å². The molecule has 0 aromatic heterocycles. The minimum absolute atomic E-state index is 0.568. The van der Waals surface area contributed by atoms with Gasteiger partial charge in [-0.15, -0.1) is 0 Å². The highest BCUT2D eigenvalue weighted by atomic mass is 16.5. The maximum absolute atomic E-state index is 5.54. The zero-order valence-corrected chi connectivity index (χ0v) is 12.1. The van der Waals surface area contributed by atoms with Gasteiger partial charge in [-0.2, -0.15) is 0 Å². The summed E-state index contributed by atoms with van der Waals surface area (Å²) < 4.78 is 10.9. The van der Waals surface area contributed by atoms with Crippen LogP contribution in [-0.4, -0.2) is 44.3 Å². The molecule has 0 bridgehead atoms. The van der Waals surface area contributed by atoms with Crippen molar-refractivity contribution in [1.29, 1.82) is 0 Å². The molecule has 4 nitrogen and oxygen atoms in total. The van der Waals surface area contributed by atoms with E-state index in [0.717, 1.165) is 37.7 Å². The van der Waals surface area contributed by atoms with Crippen molar-refractivity contribution in [1.82, 2.24) is 10.2 Å². The Morgan fingerprint density at radius 3 is 2.89 bits per heavy atom. The molecule has 1 heterocycles. The lowest BCUT2D eigenvalue weighted by Gasteiger charge is -2.31. The van der Waals surface area contributed by atoms with Crippen molar-refractivity contribution in [3.05, 3.63) is 23.8 Å². The number of piperazine rings is 1. The van der Waals surface area contributed by atoms with Gasteiger partial charge in [-0.05, 0) is 31.5 Å². The normalized spacial score (nSPS) is 20.3. The van der Waals surface area contributed by atoms with Gasteiger partial charge < -0.3 is 14.8 Å². The van der Waals surface area contributed by atoms with Crippen LogP contribution in [0.3, 0.4) is 0 Å². The van der Waals surface area contributed by atoms with E-state index in [1.54, 1.807) is 7.11 Å². The van der Waals surface area contributed by atoms with E-state index < -0.39 is 0 Å². The monoisotopic (exact) mass is 264 g/mol. The van der Waals surface area contributed by atoms with Gasteiger partial charge in [0, 0.05) is 32.2 Å². The number of ether oxygens (including phenoxy) is 2. The molecule has 1 fully saturated rings. The van der Waals surface area contributed by atoms with Crippen molar-refractivity contribution in [2.45, 2.75) is 26.4 Å². The Labute approximate surface area is 115 Å². The molecule has 1 aliphatic rings. The van der Waals surface area contributed by atoms with Crippen LogP contribution in [0.4, 0.5) is 0 Å². The van der Waals surface area contributed by atoms with E-state index in [4.69, 9.17) is 9.47 Å². The Morgan fingerprint density at radius 2 is 2.21 bits per heavy atom. The van der Waals surface area contributed by atoms with Gasteiger partial charge in [0.05, 0.1) is 13.7 Å². The topological polar surface area (TPSA) is 33.7 Å². The molecule has 0 amide bonds. The molecule has 1 N–H and O–H groups in total. The van der Waals surface area contributed by atoms with Crippen molar-refractivity contribution in [2.24, 2.45) is 0 Å². The molecule has 0 saturated carbocycles. The van der Waals surface area contributed by atoms with E-state index in [1.807, 2.05) is 13.0 Å². The van der Waals surface area contributed by atoms with E-state index >= 15 is 0 Å². The first-order valence-electron chi connectivity index (χ1n) is 6.98. The summed E-state index contributed by atoms with van der Waals surface area (Å²) in [5.41, 5.74) is 1.27. The summed E-state index contributed by atoms with van der Waals surface area (Å²) in [4.78, 5) is 2.47. The third kappa shape index (κ3) is 3.85. The number of rotatable bonds is 5. The minimum atomic E-state index is 0.568. The summed E-state index contributed by atoms with van der Waals surface area (Å²) >= 11 is 0. The molecule has 19 heavy (non-hydrogen) atoms. The lowest BCUT2D eigenvalue weighted by Crippen LogP contribution is -2.48. The third-order valence-electron chi connectivity index (χ3n) is 3.39. The third-order valence-corrected chi connectivity index (χ3v) is 3.39. The molecule has 106 valence electrons. The lowest BCUT2D eigenvalue weighted by atomic mass is 10.1. The molecule has 1 aliphatic heterocycles. The largest absolute Gasteiger partial charge is 0.493 e. The second-order valence-corrected chi connectivity index (χ2v) is 5.01. The summed E-state index contributed by atoms with van der Waals surface area (Å²) in [5.74, 6) is 1.64. The first-order valence-corrected chi connectivity index (χ1v) is 6.98. The number of nitrogens with zero attached hydrogens (tertiary/aromatic N) is 1. The fraction of sp³-hybridized carbons (Fsp3) is 0.600. The average Bonchev–Trinajstić information content (AvgIpc) is 2.41. The molecule has 0 spiro atoms. The van der Waals surface area contributed by atoms with Crippen LogP contribution in [0.1, 0.15) is 19.4 Å². The van der Waals surface area contributed by atoms with E-state index in [-0.39, 0.29) is 0 Å². The summed E-state index contributed by atoms with van der Waals surface area (Å²) in [5, 5.41) is 3.46. The number of methoxy groups -OCH3 is 1. The SMILES string of the molecule is CCOc1ccc(CN2CCNC(C)C2)cc1OC. The first kappa shape index (κ1) is 14.2. The maximum Gasteiger partial charge on any atom is 0.161 e. The second kappa shape index (κ2) is 6.78. The molecule has 1 unspecified atom stereocenters. The lowest BCUT2D eigenvalue weighted by molar-refractivity contribution is 0.199. The fourth-order valence-electron chi connectivity index (χ4n) is 2.50. The average molecular weight is 264 g/mol. The summed E-state index contributed by atoms with van der Waals surface area (Å²) in [6, 6.07) is 6.78. The number of hydrogen-bond donors (Lipinski definition) is 1. The van der Waals surface area contributed by atoms with Crippen LogP contribution in [0.2, 0.25) is 0 Å². The second-order valence-electron chi connectivity index (χ2n) is 5.01. The molecule has 0 radical (unpaired) electrons. The van der Waals surface area contributed by atoms with E-state index in [0.29, 0.717) is 12.6 Å². The molecular formula is C15H24N2O2. The summed E-state index contributed by atoms with van der Waals surface area (Å²) in [6.45, 7) is 9.09. The number of benzene rings is 1. The van der Waals surface area contributed by atoms with Crippen LogP contribution in [0.25, 0.3) is 0 Å². The molecule has 0 aliphatic carbocycles. The van der Waals surface area contributed by atoms with Crippen molar-refractivity contribution >= 4 is 0 Å². The van der Waals surface area contributed by atoms with Gasteiger partial charge in [0.15, 0.2) is 11.5 Å². The predicted molar refractivity (Wildman–Crippen MR) is 76.9 cm³/mol. The Kier molecular flexibility index (Phi) is 5.05. The predicted octanol–water partition coefficient (Wildman–Crippen LogP) is 1.89. The molecule has 2 rings (SSSR count). The van der Waals surface area contributed by atoms with Gasteiger partial charge in [-0.25, -0.2) is 0 Å². The van der Waals surface area contributed by atoms with Gasteiger partial charge in [-0.3, -0.25) is 4.90 Å². The quantitative estimate of drug-likeness (QED) is 0.880. The Bertz CT molecular complexity index is 409. The zero-order valence-electron chi connectivity index (χ0n) is 12.1. The Morgan fingerprint density at radius 1 is 1.37 bits per heavy atom. The smallest absolute Gasteiger partial charge is 0.161 e. The van der Waals surface area contributed by atoms with Gasteiger partial charge in [-0.1, -0.05) is 6.07 Å². The van der Waals surface area contributed by atoms with Crippen LogP contribution in [0.5, 0.6) is 11.5 Å². The molecular weight excluding hydrogens is 240 g/mol. The molecule has 1 aromatic rings. The van der Waals surface area contributed by atoms with Gasteiger partial charge in [0.1, 0.15) is 0 Å². The van der Waals surface area contributed by atoms with Crippen molar-refractivity contribution < 1.29 is 9.47 Å². The Hall–Kier alpha value is -1.26. The summed E-state index contributed by atoms with van der Waals surface area (Å²) in [6.07, 6.45) is 0. The highest BCUT2D eigenvalue weighted by Gasteiger charge is 2.16. The highest BCUT2D eigenvalue weighted by Crippen LogP contribution is 2.28. The molecule has 1 aromatic carbocycles. The standard InChI is InChI=1S/C15H24N2O2/c1-4-19-14-6-5-13(9-15(14)18-3)11-17-8-7-16-12(2)10-17/h5-6,9,12,16H,4,7-8,10-11H2,1-3H3. The van der Waals surface area contributed by atoms with Crippen LogP contribution in [0.15, 0.2) is 18.2 Å². The van der Waals surface area contributed by atoms with Crippen LogP contribution in [-0.2, 0) is 6.54 Å². The fourth-order valence-corrected chi connectivity index (χ4v) is 2.50. The molecule has 1 saturated heterocycles. The number of hydrogen-bond acceptors (Lipinski definition) is 4. The first-order chi connectivity index (χ1) is 9.22. The van der Waals surface area contributed by atoms with Gasteiger partial charge in [0.2, 0.25) is 0 Å². The van der Waals surface area contributed by atoms with E-state index in [9.17, 15) is 0 Å². The minimum Gasteiger partial charge on any atom is -0.493 e. The van der Waals surface area contributed by atoms with Crippen molar-refractivity contribution in [3.63, 3.8) is 0 Å². The van der Waals surface area contributed by atoms with Crippen LogP contribution < -0.4 is 14.8 Å². The van der Waals surface area contributed by atoms with Gasteiger partial charge in [0.25, 0.3) is 0 Å². The maximum atomic E-state index is 5.54. The zero-order chi connectivity index (χ0) is 13.7.